The van der Waals surface area contributed by atoms with Gasteiger partial charge < -0.3 is 15.2 Å². The lowest BCUT2D eigenvalue weighted by molar-refractivity contribution is -0.111. The number of hydrogen-bond donors (Lipinski definition) is 2. The largest absolute Gasteiger partial charge is 0.508 e. The first kappa shape index (κ1) is 15.4. The van der Waals surface area contributed by atoms with E-state index >= 15 is 0 Å². The molecule has 4 nitrogen and oxygen atoms in total. The summed E-state index contributed by atoms with van der Waals surface area (Å²) in [6.07, 6.45) is 1.81. The maximum atomic E-state index is 13.4. The number of benzene rings is 2. The third-order valence-corrected chi connectivity index (χ3v) is 4.42. The van der Waals surface area contributed by atoms with E-state index in [1.165, 1.54) is 12.1 Å². The molecule has 2 aromatic rings. The van der Waals surface area contributed by atoms with Gasteiger partial charge in [0.25, 0.3) is 5.91 Å². The van der Waals surface area contributed by atoms with Crippen LogP contribution in [0.1, 0.15) is 25.0 Å². The smallest absolute Gasteiger partial charge is 0.260 e. The molecule has 5 heteroatoms. The van der Waals surface area contributed by atoms with E-state index in [9.17, 15) is 14.3 Å². The summed E-state index contributed by atoms with van der Waals surface area (Å²) in [5.74, 6) is -0.130. The molecular formula is C20H16FNO3. The van der Waals surface area contributed by atoms with Crippen LogP contribution in [0.25, 0.3) is 11.1 Å². The SMILES string of the molecule is CC1(C)O/C(=C2/C(=O)Nc3cc(F)ccc32)C=C1c1cccc(O)c1. The Morgan fingerprint density at radius 3 is 2.72 bits per heavy atom. The van der Waals surface area contributed by atoms with Crippen molar-refractivity contribution >= 4 is 22.7 Å². The predicted octanol–water partition coefficient (Wildman–Crippen LogP) is 4.09. The standard InChI is InChI=1S/C20H16FNO3/c1-20(2)15(11-4-3-5-13(23)8-11)10-17(25-20)18-14-7-6-12(21)9-16(14)22-19(18)24/h3-10,23H,1-2H3,(H,22,24)/b18-17+. The second-order valence-corrected chi connectivity index (χ2v) is 6.60. The number of ether oxygens (including phenoxy) is 1. The van der Waals surface area contributed by atoms with E-state index in [4.69, 9.17) is 4.74 Å². The number of hydrogen-bond acceptors (Lipinski definition) is 3. The second kappa shape index (κ2) is 5.21. The molecule has 2 aliphatic heterocycles. The number of phenolic OH excluding ortho intramolecular Hbond substituents is 1. The number of carbonyl (C=O) groups excluding carboxylic acids is 1. The number of anilines is 1. The molecule has 2 heterocycles. The summed E-state index contributed by atoms with van der Waals surface area (Å²) in [6, 6.07) is 11.1. The van der Waals surface area contributed by atoms with Gasteiger partial charge in [0, 0.05) is 11.1 Å². The monoisotopic (exact) mass is 337 g/mol. The number of amides is 1. The molecule has 0 fully saturated rings. The number of allylic oxidation sites excluding steroid dienone is 1. The third kappa shape index (κ3) is 2.48. The zero-order chi connectivity index (χ0) is 17.8. The van der Waals surface area contributed by atoms with E-state index in [0.29, 0.717) is 22.6 Å². The highest BCUT2D eigenvalue weighted by molar-refractivity contribution is 6.32. The number of rotatable bonds is 1. The fraction of sp³-hybridized carbons (Fsp3) is 0.150. The van der Waals surface area contributed by atoms with Crippen LogP contribution in [0.3, 0.4) is 0 Å². The number of phenols is 1. The van der Waals surface area contributed by atoms with Crippen molar-refractivity contribution in [3.63, 3.8) is 0 Å². The summed E-state index contributed by atoms with van der Waals surface area (Å²) in [4.78, 5) is 12.4. The van der Waals surface area contributed by atoms with Crippen molar-refractivity contribution in [3.8, 4) is 5.75 Å². The molecule has 0 spiro atoms. The summed E-state index contributed by atoms with van der Waals surface area (Å²) in [7, 11) is 0. The van der Waals surface area contributed by atoms with Gasteiger partial charge in [-0.2, -0.15) is 0 Å². The van der Waals surface area contributed by atoms with Gasteiger partial charge in [0.2, 0.25) is 0 Å². The van der Waals surface area contributed by atoms with Crippen molar-refractivity contribution in [2.45, 2.75) is 19.4 Å². The zero-order valence-corrected chi connectivity index (χ0v) is 13.8. The third-order valence-electron chi connectivity index (χ3n) is 4.42. The van der Waals surface area contributed by atoms with Gasteiger partial charge >= 0.3 is 0 Å². The van der Waals surface area contributed by atoms with Crippen LogP contribution in [0.5, 0.6) is 5.75 Å². The van der Waals surface area contributed by atoms with E-state index in [0.717, 1.165) is 11.1 Å². The fourth-order valence-corrected chi connectivity index (χ4v) is 3.28. The van der Waals surface area contributed by atoms with Gasteiger partial charge in [-0.25, -0.2) is 4.39 Å². The molecule has 0 saturated heterocycles. The molecule has 1 amide bonds. The Morgan fingerprint density at radius 2 is 1.96 bits per heavy atom. The summed E-state index contributed by atoms with van der Waals surface area (Å²) < 4.78 is 19.5. The Labute approximate surface area is 144 Å². The molecule has 2 aromatic carbocycles. The van der Waals surface area contributed by atoms with Crippen molar-refractivity contribution in [1.29, 1.82) is 0 Å². The first-order valence-electron chi connectivity index (χ1n) is 7.91. The summed E-state index contributed by atoms with van der Waals surface area (Å²) in [6.45, 7) is 3.80. The van der Waals surface area contributed by atoms with Crippen LogP contribution in [0, 0.1) is 5.82 Å². The molecule has 0 radical (unpaired) electrons. The summed E-state index contributed by atoms with van der Waals surface area (Å²) >= 11 is 0. The lowest BCUT2D eigenvalue weighted by Crippen LogP contribution is -2.21. The normalized spacial score (nSPS) is 20.8. The number of aromatic hydroxyl groups is 1. The van der Waals surface area contributed by atoms with E-state index < -0.39 is 11.4 Å². The van der Waals surface area contributed by atoms with E-state index in [1.54, 1.807) is 24.3 Å². The average Bonchev–Trinajstić information content (AvgIpc) is 3.02. The number of nitrogens with one attached hydrogen (secondary N) is 1. The molecule has 126 valence electrons. The molecule has 0 atom stereocenters. The highest BCUT2D eigenvalue weighted by atomic mass is 19.1. The van der Waals surface area contributed by atoms with Crippen molar-refractivity contribution < 1.29 is 19.0 Å². The van der Waals surface area contributed by atoms with E-state index in [2.05, 4.69) is 5.32 Å². The Morgan fingerprint density at radius 1 is 1.16 bits per heavy atom. The fourth-order valence-electron chi connectivity index (χ4n) is 3.28. The van der Waals surface area contributed by atoms with Crippen LogP contribution in [-0.4, -0.2) is 16.6 Å². The Bertz CT molecular complexity index is 973. The molecule has 0 unspecified atom stereocenters. The van der Waals surface area contributed by atoms with Gasteiger partial charge in [0.15, 0.2) is 0 Å². The molecular weight excluding hydrogens is 321 g/mol. The van der Waals surface area contributed by atoms with Crippen LogP contribution >= 0.6 is 0 Å². The van der Waals surface area contributed by atoms with Crippen molar-refractivity contribution in [2.75, 3.05) is 5.32 Å². The molecule has 2 N–H and O–H groups in total. The predicted molar refractivity (Wildman–Crippen MR) is 93.2 cm³/mol. The lowest BCUT2D eigenvalue weighted by atomic mass is 9.92. The zero-order valence-electron chi connectivity index (χ0n) is 13.8. The van der Waals surface area contributed by atoms with Crippen LogP contribution < -0.4 is 5.32 Å². The first-order chi connectivity index (χ1) is 11.8. The molecule has 4 rings (SSSR count). The van der Waals surface area contributed by atoms with Crippen LogP contribution in [0.2, 0.25) is 0 Å². The maximum Gasteiger partial charge on any atom is 0.260 e. The maximum absolute atomic E-state index is 13.4. The highest BCUT2D eigenvalue weighted by Gasteiger charge is 2.38. The first-order valence-corrected chi connectivity index (χ1v) is 7.91. The molecule has 0 saturated carbocycles. The number of carbonyl (C=O) groups is 1. The molecule has 2 aliphatic rings. The topological polar surface area (TPSA) is 58.6 Å². The average molecular weight is 337 g/mol. The van der Waals surface area contributed by atoms with Gasteiger partial charge in [0.05, 0.1) is 11.3 Å². The van der Waals surface area contributed by atoms with Crippen LogP contribution in [-0.2, 0) is 9.53 Å². The van der Waals surface area contributed by atoms with Gasteiger partial charge in [-0.3, -0.25) is 4.79 Å². The van der Waals surface area contributed by atoms with Crippen molar-refractivity contribution in [3.05, 3.63) is 71.2 Å². The van der Waals surface area contributed by atoms with Gasteiger partial charge in [0.1, 0.15) is 22.9 Å². The van der Waals surface area contributed by atoms with Crippen LogP contribution in [0.15, 0.2) is 54.3 Å². The summed E-state index contributed by atoms with van der Waals surface area (Å²) in [5.41, 5.74) is 2.45. The van der Waals surface area contributed by atoms with Crippen LogP contribution in [0.4, 0.5) is 10.1 Å². The Kier molecular flexibility index (Phi) is 3.22. The quantitative estimate of drug-likeness (QED) is 0.771. The van der Waals surface area contributed by atoms with E-state index in [-0.39, 0.29) is 11.7 Å². The van der Waals surface area contributed by atoms with Crippen molar-refractivity contribution in [1.82, 2.24) is 0 Å². The minimum absolute atomic E-state index is 0.162. The van der Waals surface area contributed by atoms with Gasteiger partial charge in [-0.15, -0.1) is 0 Å². The number of halogens is 1. The minimum Gasteiger partial charge on any atom is -0.508 e. The van der Waals surface area contributed by atoms with E-state index in [1.807, 2.05) is 26.0 Å². The molecule has 25 heavy (non-hydrogen) atoms. The Balaban J connectivity index is 1.88. The van der Waals surface area contributed by atoms with Gasteiger partial charge in [-0.05, 0) is 55.8 Å². The minimum atomic E-state index is -0.667. The summed E-state index contributed by atoms with van der Waals surface area (Å²) in [5, 5.41) is 12.4. The lowest BCUT2D eigenvalue weighted by Gasteiger charge is -2.23. The van der Waals surface area contributed by atoms with Gasteiger partial charge in [-0.1, -0.05) is 12.1 Å². The molecule has 0 bridgehead atoms. The molecule has 0 aromatic heterocycles. The highest BCUT2D eigenvalue weighted by Crippen LogP contribution is 2.44. The Hall–Kier alpha value is -3.08. The number of fused-ring (bicyclic) bond motifs is 1. The van der Waals surface area contributed by atoms with Crippen molar-refractivity contribution in [2.24, 2.45) is 0 Å². The second-order valence-electron chi connectivity index (χ2n) is 6.60. The molecule has 0 aliphatic carbocycles.